The molecule has 1 nitrogen and oxygen atoms in total. The van der Waals surface area contributed by atoms with Crippen LogP contribution in [0.3, 0.4) is 0 Å². The zero-order valence-corrected chi connectivity index (χ0v) is 12.8. The van der Waals surface area contributed by atoms with Gasteiger partial charge in [-0.2, -0.15) is 0 Å². The van der Waals surface area contributed by atoms with Gasteiger partial charge in [0, 0.05) is 11.1 Å². The van der Waals surface area contributed by atoms with Crippen LogP contribution >= 0.6 is 11.6 Å². The van der Waals surface area contributed by atoms with E-state index in [1.165, 1.54) is 31.4 Å². The van der Waals surface area contributed by atoms with Crippen molar-refractivity contribution in [2.45, 2.75) is 58.4 Å². The van der Waals surface area contributed by atoms with Gasteiger partial charge >= 0.3 is 0 Å². The van der Waals surface area contributed by atoms with E-state index in [0.29, 0.717) is 11.1 Å². The van der Waals surface area contributed by atoms with Crippen LogP contribution in [0.4, 0.5) is 4.39 Å². The monoisotopic (exact) mass is 285 g/mol. The zero-order chi connectivity index (χ0) is 14.1. The molecule has 0 bridgehead atoms. The van der Waals surface area contributed by atoms with Gasteiger partial charge in [0.2, 0.25) is 0 Å². The highest BCUT2D eigenvalue weighted by atomic mass is 35.5. The molecule has 1 N–H and O–H groups in total. The second kappa shape index (κ2) is 9.33. The van der Waals surface area contributed by atoms with Crippen molar-refractivity contribution in [2.24, 2.45) is 0 Å². The summed E-state index contributed by atoms with van der Waals surface area (Å²) < 4.78 is 13.0. The summed E-state index contributed by atoms with van der Waals surface area (Å²) in [5.41, 5.74) is 1.04. The molecule has 1 aromatic carbocycles. The fraction of sp³-hybridized carbons (Fsp3) is 0.625. The highest BCUT2D eigenvalue weighted by Gasteiger charge is 2.11. The first-order valence-electron chi connectivity index (χ1n) is 7.34. The van der Waals surface area contributed by atoms with Crippen molar-refractivity contribution in [2.75, 3.05) is 6.54 Å². The van der Waals surface area contributed by atoms with Crippen LogP contribution in [0.5, 0.6) is 0 Å². The van der Waals surface area contributed by atoms with E-state index in [1.807, 2.05) is 0 Å². The Balaban J connectivity index is 2.58. The van der Waals surface area contributed by atoms with Crippen molar-refractivity contribution in [3.63, 3.8) is 0 Å². The lowest BCUT2D eigenvalue weighted by Crippen LogP contribution is -2.31. The van der Waals surface area contributed by atoms with Gasteiger partial charge in [-0.3, -0.25) is 0 Å². The van der Waals surface area contributed by atoms with Gasteiger partial charge in [0.15, 0.2) is 0 Å². The van der Waals surface area contributed by atoms with Crippen molar-refractivity contribution in [3.8, 4) is 0 Å². The van der Waals surface area contributed by atoms with Crippen LogP contribution in [-0.4, -0.2) is 12.6 Å². The molecule has 0 aliphatic rings. The maximum atomic E-state index is 13.0. The standard InChI is InChI=1S/C16H25ClFN/c1-3-5-6-7-15(19-10-4-2)11-13-8-9-14(18)12-16(13)17/h8-9,12,15,19H,3-7,10-11H2,1-2H3. The fourth-order valence-electron chi connectivity index (χ4n) is 2.22. The molecule has 0 saturated heterocycles. The molecule has 0 radical (unpaired) electrons. The maximum absolute atomic E-state index is 13.0. The lowest BCUT2D eigenvalue weighted by molar-refractivity contribution is 0.456. The molecule has 0 aromatic heterocycles. The number of unbranched alkanes of at least 4 members (excludes halogenated alkanes) is 2. The molecule has 3 heteroatoms. The predicted molar refractivity (Wildman–Crippen MR) is 81.3 cm³/mol. The van der Waals surface area contributed by atoms with Gasteiger partial charge in [-0.05, 0) is 43.5 Å². The minimum Gasteiger partial charge on any atom is -0.314 e. The smallest absolute Gasteiger partial charge is 0.124 e. The predicted octanol–water partition coefficient (Wildman–Crippen LogP) is 4.97. The summed E-state index contributed by atoms with van der Waals surface area (Å²) in [5.74, 6) is -0.266. The molecule has 108 valence electrons. The lowest BCUT2D eigenvalue weighted by atomic mass is 10.00. The molecule has 0 aliphatic carbocycles. The first-order chi connectivity index (χ1) is 9.17. The average molecular weight is 286 g/mol. The van der Waals surface area contributed by atoms with Crippen LogP contribution in [0.15, 0.2) is 18.2 Å². The summed E-state index contributed by atoms with van der Waals surface area (Å²) in [5, 5.41) is 4.11. The number of hydrogen-bond acceptors (Lipinski definition) is 1. The van der Waals surface area contributed by atoms with Gasteiger partial charge < -0.3 is 5.32 Å². The van der Waals surface area contributed by atoms with Crippen LogP contribution in [-0.2, 0) is 6.42 Å². The van der Waals surface area contributed by atoms with E-state index in [9.17, 15) is 4.39 Å². The van der Waals surface area contributed by atoms with E-state index in [-0.39, 0.29) is 5.82 Å². The largest absolute Gasteiger partial charge is 0.314 e. The zero-order valence-electron chi connectivity index (χ0n) is 12.0. The van der Waals surface area contributed by atoms with Gasteiger partial charge in [0.1, 0.15) is 5.82 Å². The molecule has 1 unspecified atom stereocenters. The Bertz CT molecular complexity index is 368. The van der Waals surface area contributed by atoms with E-state index < -0.39 is 0 Å². The van der Waals surface area contributed by atoms with Gasteiger partial charge in [0.25, 0.3) is 0 Å². The molecule has 0 amide bonds. The summed E-state index contributed by atoms with van der Waals surface area (Å²) in [6, 6.07) is 5.14. The first kappa shape index (κ1) is 16.5. The van der Waals surface area contributed by atoms with Crippen molar-refractivity contribution >= 4 is 11.6 Å². The SMILES string of the molecule is CCCCCC(Cc1ccc(F)cc1Cl)NCCC. The minimum atomic E-state index is -0.266. The van der Waals surface area contributed by atoms with Crippen LogP contribution in [0.1, 0.15) is 51.5 Å². The molecule has 0 heterocycles. The molecule has 0 saturated carbocycles. The molecule has 0 aliphatic heterocycles. The number of nitrogens with one attached hydrogen (secondary N) is 1. The summed E-state index contributed by atoms with van der Waals surface area (Å²) in [4.78, 5) is 0. The van der Waals surface area contributed by atoms with E-state index in [2.05, 4.69) is 19.2 Å². The molecule has 19 heavy (non-hydrogen) atoms. The fourth-order valence-corrected chi connectivity index (χ4v) is 2.46. The van der Waals surface area contributed by atoms with Gasteiger partial charge in [-0.15, -0.1) is 0 Å². The van der Waals surface area contributed by atoms with E-state index in [0.717, 1.165) is 31.4 Å². The van der Waals surface area contributed by atoms with Crippen molar-refractivity contribution in [3.05, 3.63) is 34.6 Å². The highest BCUT2D eigenvalue weighted by molar-refractivity contribution is 6.31. The van der Waals surface area contributed by atoms with E-state index in [1.54, 1.807) is 6.07 Å². The second-order valence-electron chi connectivity index (χ2n) is 5.09. The summed E-state index contributed by atoms with van der Waals surface area (Å²) in [6.07, 6.45) is 6.89. The van der Waals surface area contributed by atoms with Gasteiger partial charge in [-0.25, -0.2) is 4.39 Å². The Kier molecular flexibility index (Phi) is 8.08. The third-order valence-electron chi connectivity index (χ3n) is 3.32. The molecule has 0 spiro atoms. The molecule has 1 rings (SSSR count). The van der Waals surface area contributed by atoms with Crippen molar-refractivity contribution in [1.29, 1.82) is 0 Å². The number of rotatable bonds is 9. The Morgan fingerprint density at radius 2 is 2.00 bits per heavy atom. The number of halogens is 2. The van der Waals surface area contributed by atoms with Crippen LogP contribution in [0.25, 0.3) is 0 Å². The maximum Gasteiger partial charge on any atom is 0.124 e. The number of benzene rings is 1. The lowest BCUT2D eigenvalue weighted by Gasteiger charge is -2.19. The van der Waals surface area contributed by atoms with Crippen molar-refractivity contribution < 1.29 is 4.39 Å². The van der Waals surface area contributed by atoms with Gasteiger partial charge in [0.05, 0.1) is 0 Å². The Labute approximate surface area is 121 Å². The van der Waals surface area contributed by atoms with Crippen molar-refractivity contribution in [1.82, 2.24) is 5.32 Å². The second-order valence-corrected chi connectivity index (χ2v) is 5.49. The molecular weight excluding hydrogens is 261 g/mol. The van der Waals surface area contributed by atoms with Crippen LogP contribution in [0, 0.1) is 5.82 Å². The summed E-state index contributed by atoms with van der Waals surface area (Å²) in [7, 11) is 0. The first-order valence-corrected chi connectivity index (χ1v) is 7.72. The molecule has 0 fully saturated rings. The average Bonchev–Trinajstić information content (AvgIpc) is 2.39. The Morgan fingerprint density at radius 1 is 1.21 bits per heavy atom. The quantitative estimate of drug-likeness (QED) is 0.632. The Morgan fingerprint density at radius 3 is 2.63 bits per heavy atom. The van der Waals surface area contributed by atoms with E-state index in [4.69, 9.17) is 11.6 Å². The third-order valence-corrected chi connectivity index (χ3v) is 3.67. The normalized spacial score (nSPS) is 12.6. The molecule has 1 aromatic rings. The molecule has 1 atom stereocenters. The van der Waals surface area contributed by atoms with Crippen LogP contribution in [0.2, 0.25) is 5.02 Å². The summed E-state index contributed by atoms with van der Waals surface area (Å²) in [6.45, 7) is 5.40. The topological polar surface area (TPSA) is 12.0 Å². The van der Waals surface area contributed by atoms with Crippen LogP contribution < -0.4 is 5.32 Å². The number of hydrogen-bond donors (Lipinski definition) is 1. The van der Waals surface area contributed by atoms with E-state index >= 15 is 0 Å². The minimum absolute atomic E-state index is 0.266. The molecular formula is C16H25ClFN. The van der Waals surface area contributed by atoms with Gasteiger partial charge in [-0.1, -0.05) is 50.8 Å². The Hall–Kier alpha value is -0.600. The third kappa shape index (κ3) is 6.40. The summed E-state index contributed by atoms with van der Waals surface area (Å²) >= 11 is 6.10. The highest BCUT2D eigenvalue weighted by Crippen LogP contribution is 2.20.